The van der Waals surface area contributed by atoms with Crippen LogP contribution in [0.5, 0.6) is 0 Å². The molecule has 0 saturated carbocycles. The van der Waals surface area contributed by atoms with Crippen molar-refractivity contribution in [1.29, 1.82) is 0 Å². The second kappa shape index (κ2) is 8.22. The summed E-state index contributed by atoms with van der Waals surface area (Å²) in [5.41, 5.74) is 8.18. The fourth-order valence-electron chi connectivity index (χ4n) is 3.46. The number of pyridine rings is 1. The van der Waals surface area contributed by atoms with E-state index in [4.69, 9.17) is 5.73 Å². The monoisotopic (exact) mass is 423 g/mol. The fourth-order valence-corrected chi connectivity index (χ4v) is 3.46. The summed E-state index contributed by atoms with van der Waals surface area (Å²) in [5, 5.41) is 3.77. The largest absolute Gasteiger partial charge is 0.399 e. The Morgan fingerprint density at radius 2 is 1.71 bits per heavy atom. The molecule has 1 atom stereocenters. The highest BCUT2D eigenvalue weighted by Crippen LogP contribution is 2.31. The van der Waals surface area contributed by atoms with Crippen LogP contribution >= 0.6 is 0 Å². The van der Waals surface area contributed by atoms with Crippen LogP contribution in [0.25, 0.3) is 22.2 Å². The Balaban J connectivity index is 1.76. The van der Waals surface area contributed by atoms with Crippen LogP contribution in [0.1, 0.15) is 36.3 Å². The average molecular weight is 423 g/mol. The van der Waals surface area contributed by atoms with E-state index in [1.54, 1.807) is 26.1 Å². The molecule has 2 aromatic carbocycles. The number of rotatable bonds is 5. The van der Waals surface area contributed by atoms with E-state index >= 15 is 0 Å². The number of aryl methyl sites for hydroxylation is 1. The number of benzene rings is 2. The summed E-state index contributed by atoms with van der Waals surface area (Å²) in [6, 6.07) is 12.6. The summed E-state index contributed by atoms with van der Waals surface area (Å²) in [6.45, 7) is 3.41. The first-order valence-corrected chi connectivity index (χ1v) is 9.67. The van der Waals surface area contributed by atoms with Crippen LogP contribution in [-0.4, -0.2) is 15.0 Å². The van der Waals surface area contributed by atoms with Gasteiger partial charge in [-0.1, -0.05) is 30.3 Å². The lowest BCUT2D eigenvalue weighted by molar-refractivity contribution is 0.146. The molecule has 158 valence electrons. The third kappa shape index (κ3) is 4.14. The van der Waals surface area contributed by atoms with Gasteiger partial charge in [0.25, 0.3) is 6.43 Å². The SMILES string of the molecule is Cc1nc(NC(C)c2cccc(C(F)F)c2F)c2cc(-c3cccc(N)c3)cnc2n1. The number of fused-ring (bicyclic) bond motifs is 1. The zero-order chi connectivity index (χ0) is 22.1. The summed E-state index contributed by atoms with van der Waals surface area (Å²) < 4.78 is 40.8. The molecule has 0 saturated heterocycles. The van der Waals surface area contributed by atoms with Crippen molar-refractivity contribution in [2.75, 3.05) is 11.1 Å². The minimum absolute atomic E-state index is 0.127. The first-order chi connectivity index (χ1) is 14.8. The molecule has 4 rings (SSSR count). The zero-order valence-electron chi connectivity index (χ0n) is 16.9. The van der Waals surface area contributed by atoms with E-state index in [0.29, 0.717) is 28.4 Å². The molecular formula is C23H20F3N5. The van der Waals surface area contributed by atoms with Gasteiger partial charge in [0.05, 0.1) is 17.0 Å². The molecule has 0 bridgehead atoms. The van der Waals surface area contributed by atoms with Crippen molar-refractivity contribution in [2.45, 2.75) is 26.3 Å². The van der Waals surface area contributed by atoms with Crippen molar-refractivity contribution in [3.05, 3.63) is 77.5 Å². The van der Waals surface area contributed by atoms with Crippen LogP contribution in [-0.2, 0) is 0 Å². The number of aromatic nitrogens is 3. The van der Waals surface area contributed by atoms with Crippen LogP contribution in [0.2, 0.25) is 0 Å². The number of nitrogens with one attached hydrogen (secondary N) is 1. The van der Waals surface area contributed by atoms with Gasteiger partial charge in [-0.25, -0.2) is 28.1 Å². The van der Waals surface area contributed by atoms with Crippen molar-refractivity contribution in [3.63, 3.8) is 0 Å². The molecule has 0 spiro atoms. The predicted octanol–water partition coefficient (Wildman–Crippen LogP) is 5.83. The predicted molar refractivity (Wildman–Crippen MR) is 115 cm³/mol. The Morgan fingerprint density at radius 3 is 2.45 bits per heavy atom. The van der Waals surface area contributed by atoms with Crippen molar-refractivity contribution in [2.24, 2.45) is 0 Å². The van der Waals surface area contributed by atoms with Gasteiger partial charge in [0.2, 0.25) is 0 Å². The molecule has 0 fully saturated rings. The number of anilines is 2. The highest BCUT2D eigenvalue weighted by atomic mass is 19.3. The van der Waals surface area contributed by atoms with E-state index in [-0.39, 0.29) is 5.56 Å². The zero-order valence-corrected chi connectivity index (χ0v) is 16.9. The maximum atomic E-state index is 14.6. The molecule has 0 aliphatic heterocycles. The minimum atomic E-state index is -2.89. The smallest absolute Gasteiger partial charge is 0.266 e. The number of nitrogens with two attached hydrogens (primary N) is 1. The van der Waals surface area contributed by atoms with Gasteiger partial charge in [0, 0.05) is 23.0 Å². The Labute approximate surface area is 177 Å². The number of nitrogens with zero attached hydrogens (tertiary/aromatic N) is 3. The number of halogens is 3. The summed E-state index contributed by atoms with van der Waals surface area (Å²) in [6.07, 6.45) is -1.19. The van der Waals surface area contributed by atoms with Crippen molar-refractivity contribution >= 4 is 22.5 Å². The second-order valence-corrected chi connectivity index (χ2v) is 7.26. The van der Waals surface area contributed by atoms with Crippen molar-refractivity contribution in [1.82, 2.24) is 15.0 Å². The number of hydrogen-bond donors (Lipinski definition) is 2. The lowest BCUT2D eigenvalue weighted by atomic mass is 10.0. The summed E-state index contributed by atoms with van der Waals surface area (Å²) in [4.78, 5) is 13.3. The molecular weight excluding hydrogens is 403 g/mol. The molecule has 0 amide bonds. The van der Waals surface area contributed by atoms with Gasteiger partial charge >= 0.3 is 0 Å². The molecule has 0 aliphatic rings. The van der Waals surface area contributed by atoms with Gasteiger partial charge < -0.3 is 11.1 Å². The number of alkyl halides is 2. The molecule has 0 radical (unpaired) electrons. The summed E-state index contributed by atoms with van der Waals surface area (Å²) in [7, 11) is 0. The molecule has 8 heteroatoms. The summed E-state index contributed by atoms with van der Waals surface area (Å²) >= 11 is 0. The first-order valence-electron chi connectivity index (χ1n) is 9.67. The van der Waals surface area contributed by atoms with Gasteiger partial charge in [0.1, 0.15) is 17.5 Å². The molecule has 4 aromatic rings. The van der Waals surface area contributed by atoms with Gasteiger partial charge in [-0.2, -0.15) is 0 Å². The highest BCUT2D eigenvalue weighted by molar-refractivity contribution is 5.90. The second-order valence-electron chi connectivity index (χ2n) is 7.26. The lowest BCUT2D eigenvalue weighted by Gasteiger charge is -2.18. The van der Waals surface area contributed by atoms with Crippen LogP contribution in [0.15, 0.2) is 54.7 Å². The van der Waals surface area contributed by atoms with Crippen molar-refractivity contribution in [3.8, 4) is 11.1 Å². The van der Waals surface area contributed by atoms with Gasteiger partial charge in [-0.05, 0) is 37.6 Å². The van der Waals surface area contributed by atoms with Crippen LogP contribution in [0.3, 0.4) is 0 Å². The average Bonchev–Trinajstić information content (AvgIpc) is 2.73. The quantitative estimate of drug-likeness (QED) is 0.395. The van der Waals surface area contributed by atoms with E-state index in [2.05, 4.69) is 20.3 Å². The molecule has 31 heavy (non-hydrogen) atoms. The van der Waals surface area contributed by atoms with E-state index < -0.39 is 23.8 Å². The van der Waals surface area contributed by atoms with E-state index in [9.17, 15) is 13.2 Å². The number of hydrogen-bond acceptors (Lipinski definition) is 5. The van der Waals surface area contributed by atoms with Crippen molar-refractivity contribution < 1.29 is 13.2 Å². The molecule has 0 aliphatic carbocycles. The van der Waals surface area contributed by atoms with E-state index in [0.717, 1.165) is 17.2 Å². The Morgan fingerprint density at radius 1 is 0.968 bits per heavy atom. The van der Waals surface area contributed by atoms with Gasteiger partial charge in [-0.15, -0.1) is 0 Å². The third-order valence-electron chi connectivity index (χ3n) is 5.00. The van der Waals surface area contributed by atoms with Crippen LogP contribution in [0.4, 0.5) is 24.7 Å². The highest BCUT2D eigenvalue weighted by Gasteiger charge is 2.20. The topological polar surface area (TPSA) is 76.7 Å². The van der Waals surface area contributed by atoms with Crippen LogP contribution in [0, 0.1) is 12.7 Å². The van der Waals surface area contributed by atoms with Crippen LogP contribution < -0.4 is 11.1 Å². The standard InChI is InChI=1S/C23H20F3N5/c1-12(17-7-4-8-18(20(17)24)21(25)26)29-23-19-10-15(14-5-3-6-16(27)9-14)11-28-22(19)30-13(2)31-23/h3-12,21H,27H2,1-2H3,(H,28,29,30,31). The number of nitrogen functional groups attached to an aromatic ring is 1. The molecule has 5 nitrogen and oxygen atoms in total. The lowest BCUT2D eigenvalue weighted by Crippen LogP contribution is -2.12. The van der Waals surface area contributed by atoms with E-state index in [1.165, 1.54) is 12.1 Å². The normalized spacial score (nSPS) is 12.3. The fraction of sp³-hybridized carbons (Fsp3) is 0.174. The minimum Gasteiger partial charge on any atom is -0.399 e. The maximum Gasteiger partial charge on any atom is 0.266 e. The molecule has 1 unspecified atom stereocenters. The Kier molecular flexibility index (Phi) is 5.46. The molecule has 2 aromatic heterocycles. The Bertz CT molecular complexity index is 1260. The third-order valence-corrected chi connectivity index (χ3v) is 5.00. The molecule has 3 N–H and O–H groups in total. The Hall–Kier alpha value is -3.68. The maximum absolute atomic E-state index is 14.6. The molecule has 2 heterocycles. The van der Waals surface area contributed by atoms with Gasteiger partial charge in [-0.3, -0.25) is 0 Å². The van der Waals surface area contributed by atoms with E-state index in [1.807, 2.05) is 24.3 Å². The summed E-state index contributed by atoms with van der Waals surface area (Å²) in [5.74, 6) is -0.00512. The first kappa shape index (κ1) is 20.6. The van der Waals surface area contributed by atoms with Gasteiger partial charge in [0.15, 0.2) is 5.65 Å².